The SMILES string of the molecule is CNC(=O)c1ccc(C(=O)OC[C@@H]2CNC[C@H](n3cc(C)c(=O)[nH]c3=O)O2)cc1. The first-order valence-electron chi connectivity index (χ1n) is 9.06. The monoisotopic (exact) mass is 402 g/mol. The second-order valence-electron chi connectivity index (χ2n) is 6.60. The molecule has 3 N–H and O–H groups in total. The number of hydrogen-bond acceptors (Lipinski definition) is 7. The third-order valence-electron chi connectivity index (χ3n) is 4.51. The van der Waals surface area contributed by atoms with Crippen LogP contribution < -0.4 is 21.9 Å². The van der Waals surface area contributed by atoms with E-state index in [9.17, 15) is 19.2 Å². The summed E-state index contributed by atoms with van der Waals surface area (Å²) in [5.41, 5.74) is 0.130. The van der Waals surface area contributed by atoms with E-state index in [-0.39, 0.29) is 12.5 Å². The predicted molar refractivity (Wildman–Crippen MR) is 103 cm³/mol. The lowest BCUT2D eigenvalue weighted by molar-refractivity contribution is -0.0996. The summed E-state index contributed by atoms with van der Waals surface area (Å²) in [6.07, 6.45) is 0.333. The standard InChI is InChI=1S/C19H22N4O6/c1-11-9-23(19(27)22-16(11)24)15-8-21-7-14(29-15)10-28-18(26)13-5-3-12(4-6-13)17(25)20-2/h3-6,9,14-15,21H,7-8,10H2,1-2H3,(H,20,25)(H,22,24,27)/t14-,15+/m0/s1. The lowest BCUT2D eigenvalue weighted by Crippen LogP contribution is -2.48. The van der Waals surface area contributed by atoms with Gasteiger partial charge in [0.05, 0.1) is 5.56 Å². The summed E-state index contributed by atoms with van der Waals surface area (Å²) in [6.45, 7) is 2.39. The first kappa shape index (κ1) is 20.5. The van der Waals surface area contributed by atoms with Crippen LogP contribution in [0.2, 0.25) is 0 Å². The van der Waals surface area contributed by atoms with E-state index in [1.807, 2.05) is 0 Å². The molecule has 154 valence electrons. The van der Waals surface area contributed by atoms with Crippen molar-refractivity contribution in [1.29, 1.82) is 0 Å². The molecule has 2 aromatic rings. The molecule has 2 atom stereocenters. The van der Waals surface area contributed by atoms with Crippen LogP contribution in [0.15, 0.2) is 40.1 Å². The van der Waals surface area contributed by atoms with Gasteiger partial charge in [-0.1, -0.05) is 0 Å². The maximum absolute atomic E-state index is 12.2. The van der Waals surface area contributed by atoms with Crippen LogP contribution in [0, 0.1) is 6.92 Å². The molecule has 10 heteroatoms. The second kappa shape index (κ2) is 8.84. The Kier molecular flexibility index (Phi) is 6.25. The van der Waals surface area contributed by atoms with Gasteiger partial charge in [0.1, 0.15) is 12.7 Å². The van der Waals surface area contributed by atoms with E-state index in [2.05, 4.69) is 15.6 Å². The molecule has 10 nitrogen and oxygen atoms in total. The Morgan fingerprint density at radius 1 is 1.21 bits per heavy atom. The van der Waals surface area contributed by atoms with Gasteiger partial charge in [0, 0.05) is 37.5 Å². The molecule has 0 radical (unpaired) electrons. The third kappa shape index (κ3) is 4.79. The average Bonchev–Trinajstić information content (AvgIpc) is 2.74. The molecule has 1 saturated heterocycles. The fourth-order valence-corrected chi connectivity index (χ4v) is 2.90. The fourth-order valence-electron chi connectivity index (χ4n) is 2.90. The van der Waals surface area contributed by atoms with Crippen LogP contribution >= 0.6 is 0 Å². The van der Waals surface area contributed by atoms with Crippen LogP contribution in [0.25, 0.3) is 0 Å². The molecular formula is C19H22N4O6. The number of esters is 1. The zero-order chi connectivity index (χ0) is 21.0. The molecule has 0 saturated carbocycles. The third-order valence-corrected chi connectivity index (χ3v) is 4.51. The highest BCUT2D eigenvalue weighted by atomic mass is 16.6. The van der Waals surface area contributed by atoms with E-state index < -0.39 is 29.6 Å². The number of nitrogens with zero attached hydrogens (tertiary/aromatic N) is 1. The van der Waals surface area contributed by atoms with E-state index in [0.29, 0.717) is 29.8 Å². The summed E-state index contributed by atoms with van der Waals surface area (Å²) in [7, 11) is 1.53. The number of benzene rings is 1. The van der Waals surface area contributed by atoms with Gasteiger partial charge in [0.2, 0.25) is 0 Å². The highest BCUT2D eigenvalue weighted by Gasteiger charge is 2.25. The number of carbonyl (C=O) groups is 2. The van der Waals surface area contributed by atoms with Crippen molar-refractivity contribution in [2.24, 2.45) is 0 Å². The van der Waals surface area contributed by atoms with Gasteiger partial charge in [-0.2, -0.15) is 0 Å². The summed E-state index contributed by atoms with van der Waals surface area (Å²) in [5, 5.41) is 5.63. The van der Waals surface area contributed by atoms with Gasteiger partial charge in [0.15, 0.2) is 6.23 Å². The smallest absolute Gasteiger partial charge is 0.338 e. The molecule has 2 heterocycles. The van der Waals surface area contributed by atoms with E-state index in [4.69, 9.17) is 9.47 Å². The number of aryl methyl sites for hydroxylation is 1. The van der Waals surface area contributed by atoms with Gasteiger partial charge >= 0.3 is 11.7 Å². The van der Waals surface area contributed by atoms with Crippen molar-refractivity contribution in [2.45, 2.75) is 19.3 Å². The van der Waals surface area contributed by atoms with Crippen molar-refractivity contribution in [3.05, 3.63) is 68.0 Å². The van der Waals surface area contributed by atoms with Gasteiger partial charge in [-0.15, -0.1) is 0 Å². The van der Waals surface area contributed by atoms with Crippen molar-refractivity contribution in [3.63, 3.8) is 0 Å². The van der Waals surface area contributed by atoms with Crippen molar-refractivity contribution in [1.82, 2.24) is 20.2 Å². The average molecular weight is 402 g/mol. The minimum Gasteiger partial charge on any atom is -0.459 e. The molecule has 1 aliphatic heterocycles. The zero-order valence-electron chi connectivity index (χ0n) is 16.1. The minimum absolute atomic E-state index is 0.0172. The zero-order valence-corrected chi connectivity index (χ0v) is 16.1. The highest BCUT2D eigenvalue weighted by molar-refractivity contribution is 5.96. The second-order valence-corrected chi connectivity index (χ2v) is 6.60. The molecule has 1 aromatic carbocycles. The Morgan fingerprint density at radius 2 is 1.90 bits per heavy atom. The number of ether oxygens (including phenoxy) is 2. The first-order chi connectivity index (χ1) is 13.9. The normalized spacial score (nSPS) is 18.8. The Labute approximate surface area is 165 Å². The van der Waals surface area contributed by atoms with Crippen LogP contribution in [0.4, 0.5) is 0 Å². The molecule has 0 bridgehead atoms. The van der Waals surface area contributed by atoms with Crippen molar-refractivity contribution in [2.75, 3.05) is 26.7 Å². The number of morpholine rings is 1. The van der Waals surface area contributed by atoms with E-state index in [1.54, 1.807) is 6.92 Å². The molecule has 1 fully saturated rings. The quantitative estimate of drug-likeness (QED) is 0.577. The number of amides is 1. The Hall–Kier alpha value is -3.24. The Morgan fingerprint density at radius 3 is 2.59 bits per heavy atom. The molecule has 3 rings (SSSR count). The van der Waals surface area contributed by atoms with Crippen molar-refractivity contribution >= 4 is 11.9 Å². The van der Waals surface area contributed by atoms with Gasteiger partial charge in [0.25, 0.3) is 11.5 Å². The van der Waals surface area contributed by atoms with E-state index in [0.717, 1.165) is 0 Å². The molecule has 0 spiro atoms. The topological polar surface area (TPSA) is 132 Å². The minimum atomic E-state index is -0.637. The van der Waals surface area contributed by atoms with Crippen LogP contribution in [0.1, 0.15) is 32.5 Å². The molecule has 0 unspecified atom stereocenters. The van der Waals surface area contributed by atoms with Crippen molar-refractivity contribution in [3.8, 4) is 0 Å². The lowest BCUT2D eigenvalue weighted by Gasteiger charge is -2.31. The van der Waals surface area contributed by atoms with E-state index in [1.165, 1.54) is 42.1 Å². The van der Waals surface area contributed by atoms with Gasteiger partial charge in [-0.05, 0) is 31.2 Å². The maximum atomic E-state index is 12.2. The van der Waals surface area contributed by atoms with Crippen LogP contribution in [-0.2, 0) is 9.47 Å². The van der Waals surface area contributed by atoms with Crippen LogP contribution in [0.5, 0.6) is 0 Å². The van der Waals surface area contributed by atoms with Gasteiger partial charge in [-0.3, -0.25) is 19.1 Å². The molecule has 29 heavy (non-hydrogen) atoms. The summed E-state index contributed by atoms with van der Waals surface area (Å²) in [4.78, 5) is 49.6. The number of nitrogens with one attached hydrogen (secondary N) is 3. The summed E-state index contributed by atoms with van der Waals surface area (Å²) >= 11 is 0. The number of H-pyrrole nitrogens is 1. The van der Waals surface area contributed by atoms with Gasteiger partial charge < -0.3 is 20.1 Å². The summed E-state index contributed by atoms with van der Waals surface area (Å²) < 4.78 is 12.5. The summed E-state index contributed by atoms with van der Waals surface area (Å²) in [5.74, 6) is -0.790. The molecular weight excluding hydrogens is 380 g/mol. The highest BCUT2D eigenvalue weighted by Crippen LogP contribution is 2.14. The van der Waals surface area contributed by atoms with Crippen LogP contribution in [0.3, 0.4) is 0 Å². The fraction of sp³-hybridized carbons (Fsp3) is 0.368. The Bertz CT molecular complexity index is 1010. The van der Waals surface area contributed by atoms with Crippen LogP contribution in [-0.4, -0.2) is 54.3 Å². The predicted octanol–water partition coefficient (Wildman–Crippen LogP) is -0.451. The molecule has 1 aromatic heterocycles. The molecule has 1 aliphatic rings. The number of aromatic amines is 1. The van der Waals surface area contributed by atoms with Crippen molar-refractivity contribution < 1.29 is 19.1 Å². The number of carbonyl (C=O) groups excluding carboxylic acids is 2. The maximum Gasteiger partial charge on any atom is 0.338 e. The largest absolute Gasteiger partial charge is 0.459 e. The first-order valence-corrected chi connectivity index (χ1v) is 9.06. The number of rotatable bonds is 5. The Balaban J connectivity index is 1.60. The van der Waals surface area contributed by atoms with Gasteiger partial charge in [-0.25, -0.2) is 9.59 Å². The lowest BCUT2D eigenvalue weighted by atomic mass is 10.1. The number of aromatic nitrogens is 2. The molecule has 1 amide bonds. The molecule has 0 aliphatic carbocycles. The number of hydrogen-bond donors (Lipinski definition) is 3. The van der Waals surface area contributed by atoms with E-state index >= 15 is 0 Å². The summed E-state index contributed by atoms with van der Waals surface area (Å²) in [6, 6.07) is 6.10.